The molecule has 0 spiro atoms. The molecule has 0 radical (unpaired) electrons. The monoisotopic (exact) mass is 564 g/mol. The maximum Gasteiger partial charge on any atom is 0.248 e. The number of phenols is 1. The smallest absolute Gasteiger partial charge is 0.248 e. The van der Waals surface area contributed by atoms with Gasteiger partial charge in [0.2, 0.25) is 11.5 Å². The number of carbonyl (C=O) groups excluding carboxylic acids is 1. The number of rotatable bonds is 11. The van der Waals surface area contributed by atoms with E-state index in [1.165, 1.54) is 12.1 Å². The second kappa shape index (κ2) is 12.6. The number of benzene rings is 4. The number of aliphatic hydroxyl groups excluding tert-OH is 1. The van der Waals surface area contributed by atoms with Crippen molar-refractivity contribution in [2.75, 3.05) is 25.5 Å². The van der Waals surface area contributed by atoms with Crippen LogP contribution in [0.3, 0.4) is 0 Å². The number of phenolic OH excluding ortho intramolecular Hbond substituents is 1. The van der Waals surface area contributed by atoms with E-state index in [4.69, 9.17) is 10.5 Å². The minimum atomic E-state index is -0.807. The van der Waals surface area contributed by atoms with Gasteiger partial charge < -0.3 is 36.3 Å². The normalized spacial score (nSPS) is 11.8. The van der Waals surface area contributed by atoms with Crippen molar-refractivity contribution >= 4 is 28.2 Å². The maximum atomic E-state index is 11.7. The first-order chi connectivity index (χ1) is 20.3. The van der Waals surface area contributed by atoms with Crippen LogP contribution in [-0.4, -0.2) is 41.3 Å². The Kier molecular flexibility index (Phi) is 8.52. The summed E-state index contributed by atoms with van der Waals surface area (Å²) in [5.74, 6) is 0.164. The molecule has 1 atom stereocenters. The summed E-state index contributed by atoms with van der Waals surface area (Å²) in [6.45, 7) is 0.976. The van der Waals surface area contributed by atoms with Gasteiger partial charge in [0, 0.05) is 40.5 Å². The molecule has 5 aromatic rings. The van der Waals surface area contributed by atoms with E-state index >= 15 is 0 Å². The maximum absolute atomic E-state index is 11.7. The summed E-state index contributed by atoms with van der Waals surface area (Å²) in [7, 11) is 1.61. The fourth-order valence-corrected chi connectivity index (χ4v) is 4.90. The number of aromatic amines is 1. The number of ether oxygens (including phenoxy) is 1. The van der Waals surface area contributed by atoms with E-state index in [2.05, 4.69) is 15.6 Å². The Morgan fingerprint density at radius 2 is 1.76 bits per heavy atom. The molecule has 0 aliphatic rings. The van der Waals surface area contributed by atoms with Crippen LogP contribution in [0.5, 0.6) is 11.5 Å². The molecule has 214 valence electrons. The standard InChI is InChI=1S/C33H32N4O5/c1-42-30-13-9-24(18-27(30)21-3-2-4-22(17-21)33(34)41)36-23-7-5-20(6-8-23)15-16-35-19-29(39)25-10-12-28(38)32-26(25)11-14-31(40)37-32/h2-14,17-18,29,35-36,38-39H,15-16,19H2,1H3,(H2,34,41)(H,37,40)/t29-/m0/s1. The average Bonchev–Trinajstić information content (AvgIpc) is 3.00. The fraction of sp³-hybridized carbons (Fsp3) is 0.152. The van der Waals surface area contributed by atoms with Crippen LogP contribution >= 0.6 is 0 Å². The summed E-state index contributed by atoms with van der Waals surface area (Å²) < 4.78 is 5.55. The van der Waals surface area contributed by atoms with Gasteiger partial charge >= 0.3 is 0 Å². The molecule has 7 N–H and O–H groups in total. The van der Waals surface area contributed by atoms with Gasteiger partial charge in [-0.1, -0.05) is 30.3 Å². The number of amides is 1. The lowest BCUT2D eigenvalue weighted by Gasteiger charge is -2.15. The Morgan fingerprint density at radius 1 is 0.976 bits per heavy atom. The van der Waals surface area contributed by atoms with Crippen LogP contribution < -0.4 is 26.7 Å². The number of aromatic hydroxyl groups is 1. The highest BCUT2D eigenvalue weighted by Crippen LogP contribution is 2.34. The number of methoxy groups -OCH3 is 1. The number of aromatic nitrogens is 1. The van der Waals surface area contributed by atoms with Crippen LogP contribution in [0.15, 0.2) is 95.8 Å². The second-order valence-electron chi connectivity index (χ2n) is 9.94. The van der Waals surface area contributed by atoms with Crippen molar-refractivity contribution in [2.24, 2.45) is 5.73 Å². The zero-order chi connectivity index (χ0) is 29.6. The Bertz CT molecular complexity index is 1780. The first kappa shape index (κ1) is 28.4. The van der Waals surface area contributed by atoms with Gasteiger partial charge in [0.15, 0.2) is 0 Å². The third kappa shape index (κ3) is 6.43. The van der Waals surface area contributed by atoms with Gasteiger partial charge in [-0.05, 0) is 84.3 Å². The highest BCUT2D eigenvalue weighted by molar-refractivity contribution is 5.94. The number of fused-ring (bicyclic) bond motifs is 1. The predicted octanol–water partition coefficient (Wildman–Crippen LogP) is 4.62. The molecule has 9 heteroatoms. The van der Waals surface area contributed by atoms with E-state index in [1.807, 2.05) is 48.5 Å². The molecule has 0 bridgehead atoms. The van der Waals surface area contributed by atoms with Crippen LogP contribution in [0.1, 0.15) is 27.6 Å². The topological polar surface area (TPSA) is 150 Å². The number of pyridine rings is 1. The van der Waals surface area contributed by atoms with E-state index in [-0.39, 0.29) is 11.3 Å². The lowest BCUT2D eigenvalue weighted by Crippen LogP contribution is -2.24. The number of nitrogens with two attached hydrogens (primary N) is 1. The predicted molar refractivity (Wildman–Crippen MR) is 164 cm³/mol. The zero-order valence-electron chi connectivity index (χ0n) is 23.1. The summed E-state index contributed by atoms with van der Waals surface area (Å²) in [4.78, 5) is 25.9. The van der Waals surface area contributed by atoms with Gasteiger partial charge in [-0.15, -0.1) is 0 Å². The van der Waals surface area contributed by atoms with Crippen LogP contribution in [0.2, 0.25) is 0 Å². The van der Waals surface area contributed by atoms with Gasteiger partial charge in [0.1, 0.15) is 11.5 Å². The molecule has 9 nitrogen and oxygen atoms in total. The van der Waals surface area contributed by atoms with Crippen molar-refractivity contribution in [3.8, 4) is 22.6 Å². The molecule has 0 unspecified atom stereocenters. The van der Waals surface area contributed by atoms with Crippen molar-refractivity contribution in [2.45, 2.75) is 12.5 Å². The summed E-state index contributed by atoms with van der Waals surface area (Å²) in [6, 6.07) is 27.1. The molecule has 0 fully saturated rings. The third-order valence-corrected chi connectivity index (χ3v) is 7.09. The number of anilines is 2. The van der Waals surface area contributed by atoms with Crippen molar-refractivity contribution in [3.05, 3.63) is 118 Å². The molecule has 0 aliphatic carbocycles. The molecule has 1 heterocycles. The molecular weight excluding hydrogens is 532 g/mol. The summed E-state index contributed by atoms with van der Waals surface area (Å²) in [6.07, 6.45) is -0.0438. The molecule has 0 saturated carbocycles. The number of aliphatic hydroxyl groups is 1. The van der Waals surface area contributed by atoms with Gasteiger partial charge in [0.05, 0.1) is 18.7 Å². The highest BCUT2D eigenvalue weighted by Gasteiger charge is 2.14. The van der Waals surface area contributed by atoms with E-state index in [9.17, 15) is 19.8 Å². The van der Waals surface area contributed by atoms with E-state index < -0.39 is 12.0 Å². The average molecular weight is 565 g/mol. The summed E-state index contributed by atoms with van der Waals surface area (Å²) in [5, 5.41) is 28.1. The van der Waals surface area contributed by atoms with E-state index in [0.29, 0.717) is 40.9 Å². The molecule has 5 rings (SSSR count). The zero-order valence-corrected chi connectivity index (χ0v) is 23.1. The Morgan fingerprint density at radius 3 is 2.52 bits per heavy atom. The van der Waals surface area contributed by atoms with Crippen molar-refractivity contribution in [3.63, 3.8) is 0 Å². The Labute approximate surface area is 242 Å². The molecule has 0 saturated heterocycles. The second-order valence-corrected chi connectivity index (χ2v) is 9.94. The highest BCUT2D eigenvalue weighted by atomic mass is 16.5. The molecule has 1 aromatic heterocycles. The van der Waals surface area contributed by atoms with Gasteiger partial charge in [-0.2, -0.15) is 0 Å². The van der Waals surface area contributed by atoms with Crippen LogP contribution in [0.25, 0.3) is 22.0 Å². The molecule has 1 amide bonds. The fourth-order valence-electron chi connectivity index (χ4n) is 4.90. The number of hydrogen-bond acceptors (Lipinski definition) is 7. The van der Waals surface area contributed by atoms with Gasteiger partial charge in [-0.25, -0.2) is 0 Å². The minimum Gasteiger partial charge on any atom is -0.506 e. The quantitative estimate of drug-likeness (QED) is 0.128. The number of H-pyrrole nitrogens is 1. The Balaban J connectivity index is 1.18. The number of nitrogens with one attached hydrogen (secondary N) is 3. The summed E-state index contributed by atoms with van der Waals surface area (Å²) >= 11 is 0. The van der Waals surface area contributed by atoms with Crippen molar-refractivity contribution < 1.29 is 19.7 Å². The number of hydrogen-bond donors (Lipinski definition) is 6. The lowest BCUT2D eigenvalue weighted by atomic mass is 10.0. The first-order valence-electron chi connectivity index (χ1n) is 13.5. The summed E-state index contributed by atoms with van der Waals surface area (Å²) in [5.41, 5.74) is 11.1. The SMILES string of the molecule is COc1ccc(Nc2ccc(CCNC[C@H](O)c3ccc(O)c4[nH]c(=O)ccc34)cc2)cc1-c1cccc(C(N)=O)c1. The van der Waals surface area contributed by atoms with Crippen LogP contribution in [0.4, 0.5) is 11.4 Å². The molecule has 4 aromatic carbocycles. The lowest BCUT2D eigenvalue weighted by molar-refractivity contribution is 0.1000. The Hall–Kier alpha value is -5.12. The molecule has 42 heavy (non-hydrogen) atoms. The largest absolute Gasteiger partial charge is 0.506 e. The third-order valence-electron chi connectivity index (χ3n) is 7.09. The minimum absolute atomic E-state index is 0.0352. The van der Waals surface area contributed by atoms with E-state index in [1.54, 1.807) is 37.4 Å². The molecular formula is C33H32N4O5. The van der Waals surface area contributed by atoms with Crippen LogP contribution in [-0.2, 0) is 6.42 Å². The van der Waals surface area contributed by atoms with Crippen LogP contribution in [0, 0.1) is 0 Å². The van der Waals surface area contributed by atoms with Crippen molar-refractivity contribution in [1.82, 2.24) is 10.3 Å². The van der Waals surface area contributed by atoms with Gasteiger partial charge in [-0.3, -0.25) is 9.59 Å². The van der Waals surface area contributed by atoms with E-state index in [0.717, 1.165) is 34.5 Å². The van der Waals surface area contributed by atoms with Crippen molar-refractivity contribution in [1.29, 1.82) is 0 Å². The number of primary amides is 1. The van der Waals surface area contributed by atoms with Gasteiger partial charge in [0.25, 0.3) is 0 Å². The first-order valence-corrected chi connectivity index (χ1v) is 13.5. The molecule has 0 aliphatic heterocycles. The number of carbonyl (C=O) groups is 1.